The van der Waals surface area contributed by atoms with Crippen molar-refractivity contribution in [2.75, 3.05) is 6.54 Å². The topological polar surface area (TPSA) is 59.2 Å². The lowest BCUT2D eigenvalue weighted by atomic mass is 9.99. The van der Waals surface area contributed by atoms with E-state index in [0.717, 1.165) is 16.5 Å². The molecule has 1 amide bonds. The number of hydrogen-bond acceptors (Lipinski definition) is 3. The fourth-order valence-corrected chi connectivity index (χ4v) is 2.90. The second kappa shape index (κ2) is 4.63. The summed E-state index contributed by atoms with van der Waals surface area (Å²) < 4.78 is 0. The van der Waals surface area contributed by atoms with E-state index >= 15 is 0 Å². The number of fused-ring (bicyclic) bond motifs is 1. The summed E-state index contributed by atoms with van der Waals surface area (Å²) in [6.45, 7) is 2.69. The van der Waals surface area contributed by atoms with Gasteiger partial charge in [-0.1, -0.05) is 12.1 Å². The number of carbonyl (C=O) groups is 1. The predicted molar refractivity (Wildman–Crippen MR) is 74.5 cm³/mol. The van der Waals surface area contributed by atoms with Crippen LogP contribution in [-0.4, -0.2) is 28.4 Å². The van der Waals surface area contributed by atoms with Gasteiger partial charge in [-0.15, -0.1) is 0 Å². The van der Waals surface area contributed by atoms with Crippen LogP contribution in [0, 0.1) is 0 Å². The largest absolute Gasteiger partial charge is 0.334 e. The van der Waals surface area contributed by atoms with Crippen LogP contribution in [-0.2, 0) is 4.79 Å². The van der Waals surface area contributed by atoms with Gasteiger partial charge in [-0.25, -0.2) is 0 Å². The molecule has 4 heteroatoms. The zero-order chi connectivity index (χ0) is 13.4. The molecule has 2 unspecified atom stereocenters. The molecule has 1 aromatic carbocycles. The third kappa shape index (κ3) is 1.98. The van der Waals surface area contributed by atoms with Gasteiger partial charge in [0.2, 0.25) is 5.91 Å². The van der Waals surface area contributed by atoms with Crippen molar-refractivity contribution in [1.82, 2.24) is 9.88 Å². The second-order valence-electron chi connectivity index (χ2n) is 4.95. The maximum atomic E-state index is 11.9. The number of likely N-dealkylation sites (tertiary alicyclic amines) is 1. The molecule has 1 aromatic heterocycles. The molecule has 0 bridgehead atoms. The van der Waals surface area contributed by atoms with Crippen molar-refractivity contribution in [3.05, 3.63) is 42.1 Å². The van der Waals surface area contributed by atoms with Crippen LogP contribution in [0.2, 0.25) is 0 Å². The number of aromatic nitrogens is 1. The van der Waals surface area contributed by atoms with Gasteiger partial charge in [0.1, 0.15) is 0 Å². The molecule has 19 heavy (non-hydrogen) atoms. The highest BCUT2D eigenvalue weighted by molar-refractivity contribution is 5.82. The Morgan fingerprint density at radius 3 is 3.05 bits per heavy atom. The minimum Gasteiger partial charge on any atom is -0.334 e. The molecular formula is C15H17N3O. The first-order valence-electron chi connectivity index (χ1n) is 6.60. The maximum Gasteiger partial charge on any atom is 0.224 e. The van der Waals surface area contributed by atoms with E-state index in [9.17, 15) is 4.79 Å². The lowest BCUT2D eigenvalue weighted by Gasteiger charge is -2.26. The number of amides is 1. The SMILES string of the molecule is CCN1C(=O)CC(N)C1c1ccc2ncccc2c1. The lowest BCUT2D eigenvalue weighted by molar-refractivity contribution is -0.128. The van der Waals surface area contributed by atoms with Crippen LogP contribution in [0.1, 0.15) is 24.9 Å². The molecule has 4 nitrogen and oxygen atoms in total. The fourth-order valence-electron chi connectivity index (χ4n) is 2.90. The molecule has 0 spiro atoms. The van der Waals surface area contributed by atoms with E-state index in [0.29, 0.717) is 13.0 Å². The van der Waals surface area contributed by atoms with Crippen LogP contribution in [0.5, 0.6) is 0 Å². The number of rotatable bonds is 2. The molecule has 2 atom stereocenters. The van der Waals surface area contributed by atoms with E-state index in [1.807, 2.05) is 36.1 Å². The van der Waals surface area contributed by atoms with Gasteiger partial charge < -0.3 is 10.6 Å². The third-order valence-electron chi connectivity index (χ3n) is 3.78. The highest BCUT2D eigenvalue weighted by Crippen LogP contribution is 2.32. The Morgan fingerprint density at radius 1 is 1.42 bits per heavy atom. The molecule has 1 aliphatic rings. The Hall–Kier alpha value is -1.94. The molecule has 0 aliphatic carbocycles. The van der Waals surface area contributed by atoms with E-state index in [-0.39, 0.29) is 18.0 Å². The second-order valence-corrected chi connectivity index (χ2v) is 4.95. The van der Waals surface area contributed by atoms with Gasteiger partial charge in [0.25, 0.3) is 0 Å². The number of benzene rings is 1. The van der Waals surface area contributed by atoms with Gasteiger partial charge in [0, 0.05) is 30.6 Å². The summed E-state index contributed by atoms with van der Waals surface area (Å²) >= 11 is 0. The summed E-state index contributed by atoms with van der Waals surface area (Å²) in [5.41, 5.74) is 8.20. The van der Waals surface area contributed by atoms with E-state index in [1.165, 1.54) is 0 Å². The van der Waals surface area contributed by atoms with Gasteiger partial charge in [-0.3, -0.25) is 9.78 Å². The molecular weight excluding hydrogens is 238 g/mol. The summed E-state index contributed by atoms with van der Waals surface area (Å²) in [6.07, 6.45) is 2.22. The zero-order valence-electron chi connectivity index (χ0n) is 10.9. The van der Waals surface area contributed by atoms with E-state index in [1.54, 1.807) is 6.20 Å². The van der Waals surface area contributed by atoms with Crippen molar-refractivity contribution in [1.29, 1.82) is 0 Å². The summed E-state index contributed by atoms with van der Waals surface area (Å²) in [5.74, 6) is 0.145. The Morgan fingerprint density at radius 2 is 2.26 bits per heavy atom. The average Bonchev–Trinajstić information content (AvgIpc) is 2.72. The molecule has 2 heterocycles. The summed E-state index contributed by atoms with van der Waals surface area (Å²) in [7, 11) is 0. The van der Waals surface area contributed by atoms with Gasteiger partial charge in [0.05, 0.1) is 11.6 Å². The molecule has 2 aromatic rings. The maximum absolute atomic E-state index is 11.9. The van der Waals surface area contributed by atoms with Crippen molar-refractivity contribution in [3.63, 3.8) is 0 Å². The molecule has 0 radical (unpaired) electrons. The Bertz CT molecular complexity index is 626. The number of carbonyl (C=O) groups excluding carboxylic acids is 1. The van der Waals surface area contributed by atoms with Crippen molar-refractivity contribution in [3.8, 4) is 0 Å². The van der Waals surface area contributed by atoms with Crippen LogP contribution in [0.3, 0.4) is 0 Å². The molecule has 2 N–H and O–H groups in total. The monoisotopic (exact) mass is 255 g/mol. The van der Waals surface area contributed by atoms with Crippen molar-refractivity contribution >= 4 is 16.8 Å². The number of nitrogens with zero attached hydrogens (tertiary/aromatic N) is 2. The number of nitrogens with two attached hydrogens (primary N) is 1. The van der Waals surface area contributed by atoms with Gasteiger partial charge in [0.15, 0.2) is 0 Å². The van der Waals surface area contributed by atoms with E-state index < -0.39 is 0 Å². The molecule has 3 rings (SSSR count). The fraction of sp³-hybridized carbons (Fsp3) is 0.333. The predicted octanol–water partition coefficient (Wildman–Crippen LogP) is 1.86. The van der Waals surface area contributed by atoms with Crippen LogP contribution in [0.25, 0.3) is 10.9 Å². The summed E-state index contributed by atoms with van der Waals surface area (Å²) in [5, 5.41) is 1.09. The first-order chi connectivity index (χ1) is 9.20. The Labute approximate surface area is 112 Å². The van der Waals surface area contributed by atoms with Crippen molar-refractivity contribution < 1.29 is 4.79 Å². The minimum atomic E-state index is -0.124. The molecule has 1 aliphatic heterocycles. The minimum absolute atomic E-state index is 0.0119. The average molecular weight is 255 g/mol. The number of likely N-dealkylation sites (N-methyl/N-ethyl adjacent to an activating group) is 1. The number of hydrogen-bond donors (Lipinski definition) is 1. The summed E-state index contributed by atoms with van der Waals surface area (Å²) in [4.78, 5) is 18.1. The van der Waals surface area contributed by atoms with Crippen LogP contribution in [0.15, 0.2) is 36.5 Å². The molecule has 0 saturated carbocycles. The van der Waals surface area contributed by atoms with Crippen molar-refractivity contribution in [2.24, 2.45) is 5.73 Å². The van der Waals surface area contributed by atoms with Crippen LogP contribution >= 0.6 is 0 Å². The lowest BCUT2D eigenvalue weighted by Crippen LogP contribution is -2.32. The van der Waals surface area contributed by atoms with Gasteiger partial charge >= 0.3 is 0 Å². The third-order valence-corrected chi connectivity index (χ3v) is 3.78. The van der Waals surface area contributed by atoms with Crippen LogP contribution in [0.4, 0.5) is 0 Å². The van der Waals surface area contributed by atoms with Gasteiger partial charge in [-0.05, 0) is 30.7 Å². The Kier molecular flexibility index (Phi) is 2.95. The molecule has 98 valence electrons. The normalized spacial score (nSPS) is 23.3. The van der Waals surface area contributed by atoms with Crippen molar-refractivity contribution in [2.45, 2.75) is 25.4 Å². The van der Waals surface area contributed by atoms with Gasteiger partial charge in [-0.2, -0.15) is 0 Å². The highest BCUT2D eigenvalue weighted by atomic mass is 16.2. The Balaban J connectivity index is 2.05. The first kappa shape index (κ1) is 12.1. The summed E-state index contributed by atoms with van der Waals surface area (Å²) in [6, 6.07) is 9.93. The van der Waals surface area contributed by atoms with E-state index in [2.05, 4.69) is 11.1 Å². The quantitative estimate of drug-likeness (QED) is 0.891. The number of pyridine rings is 1. The van der Waals surface area contributed by atoms with E-state index in [4.69, 9.17) is 5.73 Å². The smallest absolute Gasteiger partial charge is 0.224 e. The first-order valence-corrected chi connectivity index (χ1v) is 6.60. The standard InChI is InChI=1S/C15H17N3O/c1-2-18-14(19)9-12(16)15(18)11-5-6-13-10(8-11)4-3-7-17-13/h3-8,12,15H,2,9,16H2,1H3. The molecule has 1 fully saturated rings. The van der Waals surface area contributed by atoms with Crippen LogP contribution < -0.4 is 5.73 Å². The zero-order valence-corrected chi connectivity index (χ0v) is 10.9. The molecule has 1 saturated heterocycles. The highest BCUT2D eigenvalue weighted by Gasteiger charge is 2.37.